The zero-order valence-corrected chi connectivity index (χ0v) is 10.2. The molecular weight excluding hydrogens is 202 g/mol. The Morgan fingerprint density at radius 3 is 2.56 bits per heavy atom. The quantitative estimate of drug-likeness (QED) is 0.799. The number of nitrogens with two attached hydrogens (primary N) is 1. The van der Waals surface area contributed by atoms with Crippen LogP contribution in [0.4, 0.5) is 0 Å². The van der Waals surface area contributed by atoms with Crippen LogP contribution < -0.4 is 5.73 Å². The Morgan fingerprint density at radius 2 is 2.00 bits per heavy atom. The van der Waals surface area contributed by atoms with Crippen LogP contribution in [0.3, 0.4) is 0 Å². The first-order valence-corrected chi connectivity index (χ1v) is 5.54. The van der Waals surface area contributed by atoms with Crippen LogP contribution in [0, 0.1) is 13.8 Å². The van der Waals surface area contributed by atoms with Crippen LogP contribution in [0.5, 0.6) is 0 Å². The Balaban J connectivity index is 2.65. The molecule has 0 saturated carbocycles. The molecule has 1 aromatic rings. The van der Waals surface area contributed by atoms with Crippen molar-refractivity contribution in [2.45, 2.75) is 32.4 Å². The molecule has 0 radical (unpaired) electrons. The highest BCUT2D eigenvalue weighted by molar-refractivity contribution is 5.31. The van der Waals surface area contributed by atoms with E-state index in [2.05, 4.69) is 6.92 Å². The van der Waals surface area contributed by atoms with Crippen molar-refractivity contribution >= 4 is 0 Å². The van der Waals surface area contributed by atoms with Gasteiger partial charge in [0.2, 0.25) is 0 Å². The summed E-state index contributed by atoms with van der Waals surface area (Å²) in [6.45, 7) is 4.57. The average molecular weight is 223 g/mol. The fourth-order valence-electron chi connectivity index (χ4n) is 1.68. The van der Waals surface area contributed by atoms with E-state index in [1.807, 2.05) is 25.1 Å². The highest BCUT2D eigenvalue weighted by Crippen LogP contribution is 2.20. The summed E-state index contributed by atoms with van der Waals surface area (Å²) in [5, 5.41) is 10.00. The van der Waals surface area contributed by atoms with Gasteiger partial charge in [-0.25, -0.2) is 0 Å². The van der Waals surface area contributed by atoms with Gasteiger partial charge in [0.15, 0.2) is 0 Å². The first-order valence-electron chi connectivity index (χ1n) is 5.54. The van der Waals surface area contributed by atoms with Crippen LogP contribution in [0.15, 0.2) is 18.2 Å². The number of hydrogen-bond acceptors (Lipinski definition) is 3. The number of aliphatic hydroxyl groups is 1. The van der Waals surface area contributed by atoms with E-state index >= 15 is 0 Å². The summed E-state index contributed by atoms with van der Waals surface area (Å²) in [6, 6.07) is 5.86. The molecule has 1 aromatic carbocycles. The summed E-state index contributed by atoms with van der Waals surface area (Å²) in [5.74, 6) is 0. The molecule has 3 nitrogen and oxygen atoms in total. The second kappa shape index (κ2) is 5.99. The second-order valence-electron chi connectivity index (χ2n) is 4.31. The number of benzene rings is 1. The van der Waals surface area contributed by atoms with Crippen LogP contribution in [0.25, 0.3) is 0 Å². The maximum Gasteiger partial charge on any atom is 0.0805 e. The molecule has 0 aliphatic carbocycles. The lowest BCUT2D eigenvalue weighted by Gasteiger charge is -2.17. The topological polar surface area (TPSA) is 55.5 Å². The summed E-state index contributed by atoms with van der Waals surface area (Å²) in [4.78, 5) is 0. The second-order valence-corrected chi connectivity index (χ2v) is 4.31. The van der Waals surface area contributed by atoms with Gasteiger partial charge in [0, 0.05) is 13.2 Å². The Hall–Kier alpha value is -0.900. The highest BCUT2D eigenvalue weighted by atomic mass is 16.5. The molecule has 90 valence electrons. The van der Waals surface area contributed by atoms with Gasteiger partial charge in [-0.2, -0.15) is 0 Å². The minimum absolute atomic E-state index is 0.124. The summed E-state index contributed by atoms with van der Waals surface area (Å²) < 4.78 is 4.95. The van der Waals surface area contributed by atoms with Crippen molar-refractivity contribution in [2.75, 3.05) is 13.7 Å². The predicted octanol–water partition coefficient (Wildman–Crippen LogP) is 1.70. The van der Waals surface area contributed by atoms with E-state index in [9.17, 15) is 5.11 Å². The molecule has 0 amide bonds. The lowest BCUT2D eigenvalue weighted by atomic mass is 9.99. The average Bonchev–Trinajstić information content (AvgIpc) is 2.22. The fraction of sp³-hybridized carbons (Fsp3) is 0.538. The summed E-state index contributed by atoms with van der Waals surface area (Å²) in [5.41, 5.74) is 9.16. The van der Waals surface area contributed by atoms with Crippen molar-refractivity contribution in [1.82, 2.24) is 0 Å². The smallest absolute Gasteiger partial charge is 0.0805 e. The van der Waals surface area contributed by atoms with Crippen molar-refractivity contribution < 1.29 is 9.84 Å². The molecular formula is C13H21NO2. The van der Waals surface area contributed by atoms with Gasteiger partial charge in [-0.1, -0.05) is 18.2 Å². The van der Waals surface area contributed by atoms with E-state index in [-0.39, 0.29) is 6.04 Å². The molecule has 3 heteroatoms. The number of ether oxygens (including phenoxy) is 1. The summed E-state index contributed by atoms with van der Waals surface area (Å²) >= 11 is 0. The summed E-state index contributed by atoms with van der Waals surface area (Å²) in [7, 11) is 1.61. The minimum atomic E-state index is -0.510. The van der Waals surface area contributed by atoms with Gasteiger partial charge in [0.25, 0.3) is 0 Å². The lowest BCUT2D eigenvalue weighted by molar-refractivity contribution is 0.122. The minimum Gasteiger partial charge on any atom is -0.388 e. The molecule has 0 aliphatic rings. The van der Waals surface area contributed by atoms with Gasteiger partial charge in [-0.3, -0.25) is 0 Å². The summed E-state index contributed by atoms with van der Waals surface area (Å²) in [6.07, 6.45) is 0.0144. The fourth-order valence-corrected chi connectivity index (χ4v) is 1.68. The number of hydrogen-bond donors (Lipinski definition) is 2. The molecule has 0 bridgehead atoms. The third kappa shape index (κ3) is 3.59. The van der Waals surface area contributed by atoms with E-state index in [0.717, 1.165) is 5.56 Å². The third-order valence-corrected chi connectivity index (χ3v) is 2.82. The molecule has 3 N–H and O–H groups in total. The molecule has 0 spiro atoms. The van der Waals surface area contributed by atoms with Crippen LogP contribution in [0.1, 0.15) is 29.2 Å². The monoisotopic (exact) mass is 223 g/mol. The van der Waals surface area contributed by atoms with Gasteiger partial charge in [-0.15, -0.1) is 0 Å². The number of aryl methyl sites for hydroxylation is 2. The first-order chi connectivity index (χ1) is 7.54. The van der Waals surface area contributed by atoms with Gasteiger partial charge in [0.05, 0.1) is 12.7 Å². The molecule has 1 rings (SSSR count). The van der Waals surface area contributed by atoms with Gasteiger partial charge < -0.3 is 15.6 Å². The van der Waals surface area contributed by atoms with E-state index in [4.69, 9.17) is 10.5 Å². The van der Waals surface area contributed by atoms with Crippen molar-refractivity contribution in [1.29, 1.82) is 0 Å². The van der Waals surface area contributed by atoms with Gasteiger partial charge >= 0.3 is 0 Å². The van der Waals surface area contributed by atoms with Crippen LogP contribution in [-0.4, -0.2) is 24.9 Å². The van der Waals surface area contributed by atoms with Crippen molar-refractivity contribution in [3.63, 3.8) is 0 Å². The highest BCUT2D eigenvalue weighted by Gasteiger charge is 2.13. The van der Waals surface area contributed by atoms with Crippen molar-refractivity contribution in [2.24, 2.45) is 5.73 Å². The number of aliphatic hydroxyl groups excluding tert-OH is 1. The predicted molar refractivity (Wildman–Crippen MR) is 65.3 cm³/mol. The Morgan fingerprint density at radius 1 is 1.31 bits per heavy atom. The molecule has 0 saturated heterocycles. The van der Waals surface area contributed by atoms with Gasteiger partial charge in [0.1, 0.15) is 0 Å². The maximum absolute atomic E-state index is 10.00. The lowest BCUT2D eigenvalue weighted by Crippen LogP contribution is -2.27. The van der Waals surface area contributed by atoms with E-state index in [0.29, 0.717) is 13.0 Å². The first kappa shape index (κ1) is 13.2. The number of rotatable bonds is 5. The van der Waals surface area contributed by atoms with E-state index in [1.54, 1.807) is 7.11 Å². The molecule has 16 heavy (non-hydrogen) atoms. The van der Waals surface area contributed by atoms with E-state index in [1.165, 1.54) is 11.1 Å². The molecule has 0 heterocycles. The van der Waals surface area contributed by atoms with Gasteiger partial charge in [-0.05, 0) is 37.0 Å². The van der Waals surface area contributed by atoms with Crippen molar-refractivity contribution in [3.05, 3.63) is 34.9 Å². The Labute approximate surface area is 97.2 Å². The molecule has 0 fully saturated rings. The largest absolute Gasteiger partial charge is 0.388 e. The zero-order valence-electron chi connectivity index (χ0n) is 10.2. The zero-order chi connectivity index (χ0) is 12.1. The van der Waals surface area contributed by atoms with Crippen LogP contribution >= 0.6 is 0 Å². The van der Waals surface area contributed by atoms with Crippen LogP contribution in [-0.2, 0) is 4.74 Å². The molecule has 2 atom stereocenters. The molecule has 0 aromatic heterocycles. The normalized spacial score (nSPS) is 14.8. The number of methoxy groups -OCH3 is 1. The SMILES string of the molecule is COCC(N)CC(O)c1ccc(C)c(C)c1. The van der Waals surface area contributed by atoms with Crippen molar-refractivity contribution in [3.8, 4) is 0 Å². The Kier molecular flexibility index (Phi) is 4.93. The van der Waals surface area contributed by atoms with E-state index < -0.39 is 6.10 Å². The standard InChI is InChI=1S/C13H21NO2/c1-9-4-5-11(6-10(9)2)13(15)7-12(14)8-16-3/h4-6,12-13,15H,7-8,14H2,1-3H3. The maximum atomic E-state index is 10.00. The Bertz CT molecular complexity index is 339. The molecule has 2 unspecified atom stereocenters. The molecule has 0 aliphatic heterocycles. The van der Waals surface area contributed by atoms with Crippen LogP contribution in [0.2, 0.25) is 0 Å². The third-order valence-electron chi connectivity index (χ3n) is 2.82.